The molecule has 1 heterocycles. The fourth-order valence-corrected chi connectivity index (χ4v) is 3.07. The zero-order chi connectivity index (χ0) is 20.5. The van der Waals surface area contributed by atoms with E-state index < -0.39 is 11.9 Å². The molecule has 3 rings (SSSR count). The van der Waals surface area contributed by atoms with Crippen LogP contribution in [-0.2, 0) is 27.2 Å². The van der Waals surface area contributed by atoms with Gasteiger partial charge in [-0.2, -0.15) is 0 Å². The number of benzene rings is 2. The maximum atomic E-state index is 13.5. The summed E-state index contributed by atoms with van der Waals surface area (Å²) < 4.78 is 23.9. The van der Waals surface area contributed by atoms with E-state index in [4.69, 9.17) is 9.47 Å². The van der Waals surface area contributed by atoms with Crippen LogP contribution in [0.15, 0.2) is 48.5 Å². The molecule has 0 aromatic heterocycles. The summed E-state index contributed by atoms with van der Waals surface area (Å²) in [6.07, 6.45) is 0.372. The molecular weight excluding hydrogens is 375 g/mol. The largest absolute Gasteiger partial charge is 0.452 e. The molecule has 0 radical (unpaired) electrons. The number of morpholine rings is 1. The van der Waals surface area contributed by atoms with Gasteiger partial charge in [-0.25, -0.2) is 9.18 Å². The lowest BCUT2D eigenvalue weighted by Gasteiger charge is -2.26. The molecule has 1 aliphatic heterocycles. The summed E-state index contributed by atoms with van der Waals surface area (Å²) in [5, 5.41) is 2.62. The number of hydrogen-bond acceptors (Lipinski definition) is 5. The quantitative estimate of drug-likeness (QED) is 0.688. The second-order valence-electron chi connectivity index (χ2n) is 6.85. The Labute approximate surface area is 169 Å². The van der Waals surface area contributed by atoms with Crippen molar-refractivity contribution in [2.75, 3.05) is 39.5 Å². The van der Waals surface area contributed by atoms with E-state index in [2.05, 4.69) is 10.2 Å². The highest BCUT2D eigenvalue weighted by molar-refractivity contribution is 5.91. The van der Waals surface area contributed by atoms with E-state index in [1.807, 2.05) is 12.1 Å². The summed E-state index contributed by atoms with van der Waals surface area (Å²) in [5.74, 6) is -1.27. The SMILES string of the molecule is O=C(COC(=O)c1ccc(CN2CCOCC2)cc1)NCCc1ccccc1F. The monoisotopic (exact) mass is 400 g/mol. The van der Waals surface area contributed by atoms with Crippen LogP contribution in [0.1, 0.15) is 21.5 Å². The second kappa shape index (κ2) is 10.7. The minimum Gasteiger partial charge on any atom is -0.452 e. The van der Waals surface area contributed by atoms with E-state index in [1.165, 1.54) is 6.07 Å². The zero-order valence-corrected chi connectivity index (χ0v) is 16.2. The molecule has 1 fully saturated rings. The molecule has 0 saturated carbocycles. The normalized spacial score (nSPS) is 14.4. The lowest BCUT2D eigenvalue weighted by molar-refractivity contribution is -0.124. The number of esters is 1. The van der Waals surface area contributed by atoms with Crippen LogP contribution in [0, 0.1) is 5.82 Å². The van der Waals surface area contributed by atoms with Crippen LogP contribution in [-0.4, -0.2) is 56.2 Å². The number of carbonyl (C=O) groups excluding carboxylic acids is 2. The van der Waals surface area contributed by atoms with Gasteiger partial charge in [0.25, 0.3) is 5.91 Å². The Kier molecular flexibility index (Phi) is 7.72. The topological polar surface area (TPSA) is 67.9 Å². The molecule has 1 aliphatic rings. The van der Waals surface area contributed by atoms with Gasteiger partial charge in [-0.05, 0) is 35.7 Å². The second-order valence-corrected chi connectivity index (χ2v) is 6.85. The predicted octanol–water partition coefficient (Wildman–Crippen LogP) is 2.17. The highest BCUT2D eigenvalue weighted by atomic mass is 19.1. The van der Waals surface area contributed by atoms with E-state index in [0.29, 0.717) is 17.5 Å². The molecule has 1 amide bonds. The van der Waals surface area contributed by atoms with Crippen molar-refractivity contribution in [3.8, 4) is 0 Å². The molecule has 1 N–H and O–H groups in total. The molecule has 6 nitrogen and oxygen atoms in total. The average molecular weight is 400 g/mol. The van der Waals surface area contributed by atoms with Crippen molar-refractivity contribution in [1.29, 1.82) is 0 Å². The summed E-state index contributed by atoms with van der Waals surface area (Å²) >= 11 is 0. The molecule has 0 aliphatic carbocycles. The van der Waals surface area contributed by atoms with Crippen molar-refractivity contribution in [2.45, 2.75) is 13.0 Å². The van der Waals surface area contributed by atoms with Gasteiger partial charge in [-0.15, -0.1) is 0 Å². The first-order valence-electron chi connectivity index (χ1n) is 9.68. The number of nitrogens with one attached hydrogen (secondary N) is 1. The summed E-state index contributed by atoms with van der Waals surface area (Å²) in [7, 11) is 0. The number of ether oxygens (including phenoxy) is 2. The van der Waals surface area contributed by atoms with Gasteiger partial charge in [0.2, 0.25) is 0 Å². The zero-order valence-electron chi connectivity index (χ0n) is 16.2. The molecule has 0 atom stereocenters. The van der Waals surface area contributed by atoms with Gasteiger partial charge in [-0.3, -0.25) is 9.69 Å². The van der Waals surface area contributed by atoms with Crippen LogP contribution < -0.4 is 5.32 Å². The maximum absolute atomic E-state index is 13.5. The standard InChI is InChI=1S/C22H25FN2O4/c23-20-4-2-1-3-18(20)9-10-24-21(26)16-29-22(27)19-7-5-17(6-8-19)15-25-11-13-28-14-12-25/h1-8H,9-16H2,(H,24,26). The third-order valence-electron chi connectivity index (χ3n) is 4.71. The Morgan fingerprint density at radius 2 is 1.79 bits per heavy atom. The van der Waals surface area contributed by atoms with Gasteiger partial charge in [0.15, 0.2) is 6.61 Å². The number of amides is 1. The molecule has 7 heteroatoms. The van der Waals surface area contributed by atoms with E-state index in [0.717, 1.165) is 38.4 Å². The van der Waals surface area contributed by atoms with Gasteiger partial charge in [0, 0.05) is 26.2 Å². The molecule has 1 saturated heterocycles. The third-order valence-corrected chi connectivity index (χ3v) is 4.71. The molecule has 2 aromatic carbocycles. The average Bonchev–Trinajstić information content (AvgIpc) is 2.75. The molecule has 2 aromatic rings. The number of rotatable bonds is 8. The number of hydrogen-bond donors (Lipinski definition) is 1. The smallest absolute Gasteiger partial charge is 0.338 e. The van der Waals surface area contributed by atoms with Gasteiger partial charge in [0.1, 0.15) is 5.82 Å². The van der Waals surface area contributed by atoms with Crippen molar-refractivity contribution < 1.29 is 23.5 Å². The number of halogens is 1. The third kappa shape index (κ3) is 6.66. The van der Waals surface area contributed by atoms with Crippen LogP contribution in [0.5, 0.6) is 0 Å². The van der Waals surface area contributed by atoms with Crippen molar-refractivity contribution >= 4 is 11.9 Å². The number of nitrogens with zero attached hydrogens (tertiary/aromatic N) is 1. The van der Waals surface area contributed by atoms with Crippen LogP contribution in [0.25, 0.3) is 0 Å². The predicted molar refractivity (Wildman–Crippen MR) is 106 cm³/mol. The van der Waals surface area contributed by atoms with Crippen molar-refractivity contribution in [3.63, 3.8) is 0 Å². The first-order valence-corrected chi connectivity index (χ1v) is 9.68. The minimum absolute atomic E-state index is 0.271. The Balaban J connectivity index is 1.38. The van der Waals surface area contributed by atoms with Gasteiger partial charge in [0.05, 0.1) is 18.8 Å². The van der Waals surface area contributed by atoms with Crippen LogP contribution in [0.2, 0.25) is 0 Å². The summed E-state index contributed by atoms with van der Waals surface area (Å²) in [5.41, 5.74) is 2.03. The minimum atomic E-state index is -0.549. The Bertz CT molecular complexity index is 820. The maximum Gasteiger partial charge on any atom is 0.338 e. The highest BCUT2D eigenvalue weighted by Gasteiger charge is 2.13. The molecule has 154 valence electrons. The Hall–Kier alpha value is -2.77. The van der Waals surface area contributed by atoms with Crippen LogP contribution >= 0.6 is 0 Å². The molecular formula is C22H25FN2O4. The van der Waals surface area contributed by atoms with E-state index in [1.54, 1.807) is 30.3 Å². The van der Waals surface area contributed by atoms with Crippen LogP contribution in [0.3, 0.4) is 0 Å². The van der Waals surface area contributed by atoms with Gasteiger partial charge >= 0.3 is 5.97 Å². The van der Waals surface area contributed by atoms with Crippen molar-refractivity contribution in [2.24, 2.45) is 0 Å². The Morgan fingerprint density at radius 3 is 2.52 bits per heavy atom. The van der Waals surface area contributed by atoms with Crippen molar-refractivity contribution in [1.82, 2.24) is 10.2 Å². The summed E-state index contributed by atoms with van der Waals surface area (Å²) in [6, 6.07) is 13.6. The van der Waals surface area contributed by atoms with Crippen molar-refractivity contribution in [3.05, 3.63) is 71.0 Å². The van der Waals surface area contributed by atoms with Gasteiger partial charge in [-0.1, -0.05) is 30.3 Å². The fourth-order valence-electron chi connectivity index (χ4n) is 3.07. The van der Waals surface area contributed by atoms with E-state index >= 15 is 0 Å². The molecule has 0 spiro atoms. The molecule has 29 heavy (non-hydrogen) atoms. The lowest BCUT2D eigenvalue weighted by atomic mass is 10.1. The first kappa shape index (κ1) is 21.0. The van der Waals surface area contributed by atoms with Crippen LogP contribution in [0.4, 0.5) is 4.39 Å². The highest BCUT2D eigenvalue weighted by Crippen LogP contribution is 2.10. The summed E-state index contributed by atoms with van der Waals surface area (Å²) in [6.45, 7) is 3.99. The Morgan fingerprint density at radius 1 is 1.07 bits per heavy atom. The first-order chi connectivity index (χ1) is 14.1. The van der Waals surface area contributed by atoms with E-state index in [9.17, 15) is 14.0 Å². The fraction of sp³-hybridized carbons (Fsp3) is 0.364. The van der Waals surface area contributed by atoms with E-state index in [-0.39, 0.29) is 19.0 Å². The molecule has 0 bridgehead atoms. The van der Waals surface area contributed by atoms with Gasteiger partial charge < -0.3 is 14.8 Å². The lowest BCUT2D eigenvalue weighted by Crippen LogP contribution is -2.35. The summed E-state index contributed by atoms with van der Waals surface area (Å²) in [4.78, 5) is 26.2. The number of carbonyl (C=O) groups is 2. The molecule has 0 unspecified atom stereocenters.